The molecule has 1 heterocycles. The number of hydrogen-bond acceptors (Lipinski definition) is 3. The largest absolute Gasteiger partial charge is 0.405 e. The second-order valence-corrected chi connectivity index (χ2v) is 5.86. The third kappa shape index (κ3) is 5.45. The van der Waals surface area contributed by atoms with Crippen molar-refractivity contribution < 1.29 is 22.8 Å². The van der Waals surface area contributed by atoms with Crippen LogP contribution in [0.15, 0.2) is 42.6 Å². The molecule has 0 bridgehead atoms. The normalized spacial score (nSPS) is 11.1. The van der Waals surface area contributed by atoms with Gasteiger partial charge >= 0.3 is 6.18 Å². The summed E-state index contributed by atoms with van der Waals surface area (Å²) in [6, 6.07) is 9.09. The average Bonchev–Trinajstić information content (AvgIpc) is 2.59. The fourth-order valence-electron chi connectivity index (χ4n) is 2.14. The zero-order valence-electron chi connectivity index (χ0n) is 13.7. The molecule has 2 aromatic rings. The fraction of sp³-hybridized carbons (Fsp3) is 0.235. The summed E-state index contributed by atoms with van der Waals surface area (Å²) in [5.74, 6) is -1.14. The first kappa shape index (κ1) is 19.7. The number of carbonyl (C=O) groups is 2. The van der Waals surface area contributed by atoms with Crippen molar-refractivity contribution in [3.8, 4) is 0 Å². The van der Waals surface area contributed by atoms with E-state index in [9.17, 15) is 22.8 Å². The monoisotopic (exact) mass is 385 g/mol. The highest BCUT2D eigenvalue weighted by Crippen LogP contribution is 2.16. The van der Waals surface area contributed by atoms with Crippen LogP contribution < -0.4 is 5.32 Å². The van der Waals surface area contributed by atoms with Gasteiger partial charge in [-0.2, -0.15) is 13.2 Å². The minimum Gasteiger partial charge on any atom is -0.343 e. The van der Waals surface area contributed by atoms with Crippen LogP contribution >= 0.6 is 11.6 Å². The van der Waals surface area contributed by atoms with Crippen LogP contribution in [-0.2, 0) is 6.54 Å². The summed E-state index contributed by atoms with van der Waals surface area (Å²) in [5, 5.41) is 1.89. The zero-order valence-corrected chi connectivity index (χ0v) is 14.4. The van der Waals surface area contributed by atoms with Crippen LogP contribution in [0.3, 0.4) is 0 Å². The van der Waals surface area contributed by atoms with E-state index in [-0.39, 0.29) is 28.7 Å². The van der Waals surface area contributed by atoms with E-state index in [4.69, 9.17) is 11.6 Å². The maximum Gasteiger partial charge on any atom is 0.405 e. The van der Waals surface area contributed by atoms with Gasteiger partial charge in [0.2, 0.25) is 0 Å². The predicted octanol–water partition coefficient (Wildman–Crippen LogP) is 3.30. The third-order valence-corrected chi connectivity index (χ3v) is 3.72. The van der Waals surface area contributed by atoms with Gasteiger partial charge in [0.05, 0.1) is 5.56 Å². The Morgan fingerprint density at radius 3 is 2.42 bits per heavy atom. The van der Waals surface area contributed by atoms with Gasteiger partial charge in [-0.05, 0) is 29.8 Å². The lowest BCUT2D eigenvalue weighted by molar-refractivity contribution is -0.123. The van der Waals surface area contributed by atoms with Crippen LogP contribution in [0.25, 0.3) is 0 Å². The van der Waals surface area contributed by atoms with Crippen molar-refractivity contribution in [2.75, 3.05) is 13.6 Å². The molecular weight excluding hydrogens is 371 g/mol. The van der Waals surface area contributed by atoms with Crippen LogP contribution in [0.2, 0.25) is 5.15 Å². The van der Waals surface area contributed by atoms with E-state index in [0.717, 1.165) is 0 Å². The number of carbonyl (C=O) groups excluding carboxylic acids is 2. The maximum atomic E-state index is 12.4. The van der Waals surface area contributed by atoms with Gasteiger partial charge in [0.1, 0.15) is 11.7 Å². The molecule has 138 valence electrons. The zero-order chi connectivity index (χ0) is 19.3. The van der Waals surface area contributed by atoms with Crippen molar-refractivity contribution in [1.29, 1.82) is 0 Å². The van der Waals surface area contributed by atoms with Crippen molar-refractivity contribution in [1.82, 2.24) is 15.2 Å². The SMILES string of the molecule is CN(Cc1ccc(C(=O)NCC(F)(F)F)cc1)C(=O)c1cccnc1Cl. The van der Waals surface area contributed by atoms with Crippen LogP contribution in [0.1, 0.15) is 26.3 Å². The Labute approximate surface area is 152 Å². The first-order valence-corrected chi connectivity index (χ1v) is 7.85. The Morgan fingerprint density at radius 2 is 1.85 bits per heavy atom. The molecular formula is C17H15ClF3N3O2. The molecule has 1 N–H and O–H groups in total. The molecule has 0 fully saturated rings. The molecule has 0 atom stereocenters. The number of alkyl halides is 3. The van der Waals surface area contributed by atoms with Gasteiger partial charge in [0.15, 0.2) is 0 Å². The molecule has 2 amide bonds. The van der Waals surface area contributed by atoms with Crippen molar-refractivity contribution in [3.05, 3.63) is 64.4 Å². The smallest absolute Gasteiger partial charge is 0.343 e. The predicted molar refractivity (Wildman–Crippen MR) is 89.9 cm³/mol. The second-order valence-electron chi connectivity index (χ2n) is 5.50. The van der Waals surface area contributed by atoms with E-state index in [1.807, 2.05) is 0 Å². The van der Waals surface area contributed by atoms with E-state index in [1.165, 1.54) is 23.2 Å². The highest BCUT2D eigenvalue weighted by molar-refractivity contribution is 6.32. The summed E-state index contributed by atoms with van der Waals surface area (Å²) in [5.41, 5.74) is 1.07. The molecule has 5 nitrogen and oxygen atoms in total. The Balaban J connectivity index is 1.99. The number of nitrogens with one attached hydrogen (secondary N) is 1. The third-order valence-electron chi connectivity index (χ3n) is 3.42. The van der Waals surface area contributed by atoms with Crippen LogP contribution in [-0.4, -0.2) is 41.5 Å². The van der Waals surface area contributed by atoms with Crippen molar-refractivity contribution in [2.24, 2.45) is 0 Å². The maximum absolute atomic E-state index is 12.4. The van der Waals surface area contributed by atoms with Crippen molar-refractivity contribution in [3.63, 3.8) is 0 Å². The Morgan fingerprint density at radius 1 is 1.19 bits per heavy atom. The lowest BCUT2D eigenvalue weighted by Crippen LogP contribution is -2.33. The number of nitrogens with zero attached hydrogens (tertiary/aromatic N) is 2. The first-order chi connectivity index (χ1) is 12.2. The van der Waals surface area contributed by atoms with Crippen molar-refractivity contribution >= 4 is 23.4 Å². The Kier molecular flexibility index (Phi) is 6.20. The fourth-order valence-corrected chi connectivity index (χ4v) is 2.34. The van der Waals surface area contributed by atoms with Crippen LogP contribution in [0.5, 0.6) is 0 Å². The van der Waals surface area contributed by atoms with Gasteiger partial charge in [-0.15, -0.1) is 0 Å². The molecule has 0 spiro atoms. The molecule has 0 unspecified atom stereocenters. The number of aromatic nitrogens is 1. The molecule has 0 saturated carbocycles. The standard InChI is InChI=1S/C17H15ClF3N3O2/c1-24(16(26)13-3-2-8-22-14(13)18)9-11-4-6-12(7-5-11)15(25)23-10-17(19,20)21/h2-8H,9-10H2,1H3,(H,23,25). The highest BCUT2D eigenvalue weighted by atomic mass is 35.5. The molecule has 0 aliphatic heterocycles. The van der Waals surface area contributed by atoms with E-state index in [2.05, 4.69) is 4.98 Å². The van der Waals surface area contributed by atoms with Crippen molar-refractivity contribution in [2.45, 2.75) is 12.7 Å². The quantitative estimate of drug-likeness (QED) is 0.803. The van der Waals surface area contributed by atoms with E-state index in [0.29, 0.717) is 5.56 Å². The summed E-state index contributed by atoms with van der Waals surface area (Å²) in [6.07, 6.45) is -2.99. The van der Waals surface area contributed by atoms with Gasteiger partial charge < -0.3 is 10.2 Å². The van der Waals surface area contributed by atoms with Crippen LogP contribution in [0.4, 0.5) is 13.2 Å². The number of pyridine rings is 1. The minimum atomic E-state index is -4.47. The molecule has 0 aliphatic rings. The van der Waals surface area contributed by atoms with E-state index in [1.54, 1.807) is 36.6 Å². The van der Waals surface area contributed by atoms with Gasteiger partial charge in [0.25, 0.3) is 11.8 Å². The van der Waals surface area contributed by atoms with Gasteiger partial charge in [-0.3, -0.25) is 9.59 Å². The number of benzene rings is 1. The lowest BCUT2D eigenvalue weighted by atomic mass is 10.1. The molecule has 0 radical (unpaired) electrons. The molecule has 9 heteroatoms. The minimum absolute atomic E-state index is 0.0982. The first-order valence-electron chi connectivity index (χ1n) is 7.47. The van der Waals surface area contributed by atoms with Gasteiger partial charge in [-0.25, -0.2) is 4.98 Å². The number of halogens is 4. The highest BCUT2D eigenvalue weighted by Gasteiger charge is 2.27. The van der Waals surface area contributed by atoms with Crippen LogP contribution in [0, 0.1) is 0 Å². The number of hydrogen-bond donors (Lipinski definition) is 1. The Hall–Kier alpha value is -2.61. The Bertz CT molecular complexity index is 795. The topological polar surface area (TPSA) is 62.3 Å². The summed E-state index contributed by atoms with van der Waals surface area (Å²) >= 11 is 5.90. The molecule has 0 saturated heterocycles. The van der Waals surface area contributed by atoms with Gasteiger partial charge in [0, 0.05) is 25.4 Å². The summed E-state index contributed by atoms with van der Waals surface area (Å²) < 4.78 is 36.4. The molecule has 2 rings (SSSR count). The van der Waals surface area contributed by atoms with Gasteiger partial charge in [-0.1, -0.05) is 23.7 Å². The molecule has 1 aromatic heterocycles. The summed E-state index contributed by atoms with van der Waals surface area (Å²) in [7, 11) is 1.58. The summed E-state index contributed by atoms with van der Waals surface area (Å²) in [6.45, 7) is -1.16. The molecule has 1 aromatic carbocycles. The number of amides is 2. The lowest BCUT2D eigenvalue weighted by Gasteiger charge is -2.18. The van der Waals surface area contributed by atoms with E-state index < -0.39 is 18.6 Å². The summed E-state index contributed by atoms with van der Waals surface area (Å²) in [4.78, 5) is 29.3. The molecule has 0 aliphatic carbocycles. The number of rotatable bonds is 5. The second kappa shape index (κ2) is 8.18. The average molecular weight is 386 g/mol. The molecule has 26 heavy (non-hydrogen) atoms. The van der Waals surface area contributed by atoms with E-state index >= 15 is 0 Å².